The Bertz CT molecular complexity index is 419. The first kappa shape index (κ1) is 13.7. The molecule has 2 rings (SSSR count). The highest BCUT2D eigenvalue weighted by Gasteiger charge is 2.18. The van der Waals surface area contributed by atoms with Crippen LogP contribution in [0.25, 0.3) is 0 Å². The molecule has 1 aliphatic heterocycles. The highest BCUT2D eigenvalue weighted by Crippen LogP contribution is 2.17. The van der Waals surface area contributed by atoms with Crippen LogP contribution in [0.4, 0.5) is 4.79 Å². The molecule has 0 saturated carbocycles. The van der Waals surface area contributed by atoms with Crippen molar-refractivity contribution in [2.24, 2.45) is 0 Å². The number of rotatable bonds is 6. The number of urea groups is 1. The van der Waals surface area contributed by atoms with Gasteiger partial charge in [-0.15, -0.1) is 0 Å². The number of ether oxygens (including phenoxy) is 1. The molecule has 0 bridgehead atoms. The zero-order chi connectivity index (χ0) is 13.7. The van der Waals surface area contributed by atoms with Crippen molar-refractivity contribution in [3.63, 3.8) is 0 Å². The molecule has 19 heavy (non-hydrogen) atoms. The summed E-state index contributed by atoms with van der Waals surface area (Å²) in [5.41, 5.74) is 1.23. The van der Waals surface area contributed by atoms with Gasteiger partial charge in [-0.1, -0.05) is 12.1 Å². The lowest BCUT2D eigenvalue weighted by atomic mass is 10.1. The maximum atomic E-state index is 11.3. The number of nitrogens with zero attached hydrogens (tertiary/aromatic N) is 1. The standard InChI is InChI=1S/C14H21N3O2/c1-11(15-2)12-3-5-13(6-4-12)19-10-9-17-8-7-16-14(17)18/h3-6,11,15H,7-10H2,1-2H3,(H,16,18). The largest absolute Gasteiger partial charge is 0.492 e. The van der Waals surface area contributed by atoms with Crippen LogP contribution in [0.15, 0.2) is 24.3 Å². The molecule has 1 aromatic carbocycles. The molecular formula is C14H21N3O2. The molecule has 1 fully saturated rings. The van der Waals surface area contributed by atoms with Gasteiger partial charge in [0.05, 0.1) is 6.54 Å². The van der Waals surface area contributed by atoms with Crippen LogP contribution in [-0.4, -0.2) is 44.2 Å². The normalized spacial score (nSPS) is 16.3. The van der Waals surface area contributed by atoms with Crippen molar-refractivity contribution in [1.29, 1.82) is 0 Å². The minimum atomic E-state index is 0.00166. The first-order valence-electron chi connectivity index (χ1n) is 6.63. The Morgan fingerprint density at radius 1 is 1.42 bits per heavy atom. The molecular weight excluding hydrogens is 242 g/mol. The predicted molar refractivity (Wildman–Crippen MR) is 74.4 cm³/mol. The Hall–Kier alpha value is -1.75. The number of benzene rings is 1. The molecule has 104 valence electrons. The van der Waals surface area contributed by atoms with Gasteiger partial charge in [-0.2, -0.15) is 0 Å². The van der Waals surface area contributed by atoms with E-state index in [1.165, 1.54) is 5.56 Å². The Kier molecular flexibility index (Phi) is 4.63. The van der Waals surface area contributed by atoms with E-state index in [2.05, 4.69) is 29.7 Å². The van der Waals surface area contributed by atoms with E-state index in [1.807, 2.05) is 19.2 Å². The number of hydrogen-bond donors (Lipinski definition) is 2. The Morgan fingerprint density at radius 3 is 2.74 bits per heavy atom. The molecule has 5 heteroatoms. The Balaban J connectivity index is 1.78. The van der Waals surface area contributed by atoms with Gasteiger partial charge in [0.15, 0.2) is 0 Å². The van der Waals surface area contributed by atoms with Gasteiger partial charge in [-0.05, 0) is 31.7 Å². The molecule has 0 spiro atoms. The Labute approximate surface area is 113 Å². The van der Waals surface area contributed by atoms with Crippen molar-refractivity contribution in [2.45, 2.75) is 13.0 Å². The molecule has 1 atom stereocenters. The second kappa shape index (κ2) is 6.43. The average Bonchev–Trinajstić information content (AvgIpc) is 2.84. The van der Waals surface area contributed by atoms with Crippen molar-refractivity contribution in [2.75, 3.05) is 33.3 Å². The summed E-state index contributed by atoms with van der Waals surface area (Å²) in [5, 5.41) is 5.96. The minimum absolute atomic E-state index is 0.00166. The maximum Gasteiger partial charge on any atom is 0.317 e. The molecule has 1 unspecified atom stereocenters. The van der Waals surface area contributed by atoms with E-state index < -0.39 is 0 Å². The lowest BCUT2D eigenvalue weighted by Crippen LogP contribution is -2.31. The van der Waals surface area contributed by atoms with Gasteiger partial charge in [0.1, 0.15) is 12.4 Å². The zero-order valence-corrected chi connectivity index (χ0v) is 11.5. The molecule has 5 nitrogen and oxygen atoms in total. The topological polar surface area (TPSA) is 53.6 Å². The van der Waals surface area contributed by atoms with Gasteiger partial charge in [-0.3, -0.25) is 0 Å². The van der Waals surface area contributed by atoms with Gasteiger partial charge in [-0.25, -0.2) is 4.79 Å². The van der Waals surface area contributed by atoms with Crippen LogP contribution in [0.3, 0.4) is 0 Å². The van der Waals surface area contributed by atoms with Crippen LogP contribution < -0.4 is 15.4 Å². The van der Waals surface area contributed by atoms with E-state index in [0.29, 0.717) is 19.2 Å². The van der Waals surface area contributed by atoms with Crippen LogP contribution in [0, 0.1) is 0 Å². The summed E-state index contributed by atoms with van der Waals surface area (Å²) in [4.78, 5) is 13.1. The predicted octanol–water partition coefficient (Wildman–Crippen LogP) is 1.37. The lowest BCUT2D eigenvalue weighted by molar-refractivity contribution is 0.202. The van der Waals surface area contributed by atoms with Gasteiger partial charge in [0.25, 0.3) is 0 Å². The molecule has 1 aliphatic rings. The summed E-state index contributed by atoms with van der Waals surface area (Å²) < 4.78 is 5.64. The van der Waals surface area contributed by atoms with Crippen LogP contribution in [0.1, 0.15) is 18.5 Å². The summed E-state index contributed by atoms with van der Waals surface area (Å²) in [6.07, 6.45) is 0. The highest BCUT2D eigenvalue weighted by atomic mass is 16.5. The summed E-state index contributed by atoms with van der Waals surface area (Å²) >= 11 is 0. The fourth-order valence-corrected chi connectivity index (χ4v) is 2.02. The fraction of sp³-hybridized carbons (Fsp3) is 0.500. The van der Waals surface area contributed by atoms with Crippen LogP contribution in [-0.2, 0) is 0 Å². The van der Waals surface area contributed by atoms with Crippen LogP contribution in [0.5, 0.6) is 5.75 Å². The second-order valence-electron chi connectivity index (χ2n) is 4.65. The average molecular weight is 263 g/mol. The SMILES string of the molecule is CNC(C)c1ccc(OCCN2CCNC2=O)cc1. The quantitative estimate of drug-likeness (QED) is 0.815. The van der Waals surface area contributed by atoms with E-state index >= 15 is 0 Å². The molecule has 0 radical (unpaired) electrons. The van der Waals surface area contributed by atoms with E-state index in [1.54, 1.807) is 4.90 Å². The minimum Gasteiger partial charge on any atom is -0.492 e. The van der Waals surface area contributed by atoms with E-state index in [4.69, 9.17) is 4.74 Å². The van der Waals surface area contributed by atoms with Crippen molar-refractivity contribution in [3.05, 3.63) is 29.8 Å². The number of carbonyl (C=O) groups excluding carboxylic acids is 1. The van der Waals surface area contributed by atoms with E-state index in [9.17, 15) is 4.79 Å². The smallest absolute Gasteiger partial charge is 0.317 e. The molecule has 1 saturated heterocycles. The van der Waals surface area contributed by atoms with E-state index in [0.717, 1.165) is 18.8 Å². The van der Waals surface area contributed by atoms with Gasteiger partial charge in [0.2, 0.25) is 0 Å². The third-order valence-corrected chi connectivity index (χ3v) is 3.39. The molecule has 0 aliphatic carbocycles. The number of hydrogen-bond acceptors (Lipinski definition) is 3. The molecule has 2 amide bonds. The van der Waals surface area contributed by atoms with Crippen LogP contribution >= 0.6 is 0 Å². The maximum absolute atomic E-state index is 11.3. The third kappa shape index (κ3) is 3.61. The van der Waals surface area contributed by atoms with Crippen molar-refractivity contribution in [1.82, 2.24) is 15.5 Å². The van der Waals surface area contributed by atoms with Crippen molar-refractivity contribution in [3.8, 4) is 5.75 Å². The van der Waals surface area contributed by atoms with Gasteiger partial charge >= 0.3 is 6.03 Å². The molecule has 2 N–H and O–H groups in total. The molecule has 0 aromatic heterocycles. The highest BCUT2D eigenvalue weighted by molar-refractivity contribution is 5.76. The number of amides is 2. The summed E-state index contributed by atoms with van der Waals surface area (Å²) in [5.74, 6) is 0.839. The monoisotopic (exact) mass is 263 g/mol. The van der Waals surface area contributed by atoms with E-state index in [-0.39, 0.29) is 6.03 Å². The lowest BCUT2D eigenvalue weighted by Gasteiger charge is -2.15. The summed E-state index contributed by atoms with van der Waals surface area (Å²) in [7, 11) is 1.94. The van der Waals surface area contributed by atoms with Crippen LogP contribution in [0.2, 0.25) is 0 Å². The van der Waals surface area contributed by atoms with Gasteiger partial charge in [0, 0.05) is 19.1 Å². The molecule has 1 aromatic rings. The number of nitrogens with one attached hydrogen (secondary N) is 2. The summed E-state index contributed by atoms with van der Waals surface area (Å²) in [6.45, 7) is 4.76. The Morgan fingerprint density at radius 2 is 2.16 bits per heavy atom. The first-order valence-corrected chi connectivity index (χ1v) is 6.63. The summed E-state index contributed by atoms with van der Waals surface area (Å²) in [6, 6.07) is 8.38. The van der Waals surface area contributed by atoms with Crippen molar-refractivity contribution >= 4 is 6.03 Å². The zero-order valence-electron chi connectivity index (χ0n) is 11.5. The fourth-order valence-electron chi connectivity index (χ4n) is 2.02. The van der Waals surface area contributed by atoms with Gasteiger partial charge < -0.3 is 20.3 Å². The first-order chi connectivity index (χ1) is 9.20. The van der Waals surface area contributed by atoms with Crippen molar-refractivity contribution < 1.29 is 9.53 Å². The third-order valence-electron chi connectivity index (χ3n) is 3.39. The molecule has 1 heterocycles. The number of carbonyl (C=O) groups is 1. The second-order valence-corrected chi connectivity index (χ2v) is 4.65.